The van der Waals surface area contributed by atoms with Crippen molar-refractivity contribution in [2.24, 2.45) is 5.73 Å². The third kappa shape index (κ3) is 5.44. The standard InChI is InChI=1S/C12H24N4O3/c1-15-6-8-16(9-7-15)12(19)14-10(11(17)18)4-2-3-5-13/h10H,2-9,13H2,1H3,(H,14,19)(H,17,18)/t10-/m0/s1. The highest BCUT2D eigenvalue weighted by Gasteiger charge is 2.24. The highest BCUT2D eigenvalue weighted by atomic mass is 16.4. The molecule has 1 atom stereocenters. The Bertz CT molecular complexity index is 303. The molecule has 2 amide bonds. The number of rotatable bonds is 6. The van der Waals surface area contributed by atoms with E-state index in [0.29, 0.717) is 32.5 Å². The second-order valence-corrected chi connectivity index (χ2v) is 4.92. The highest BCUT2D eigenvalue weighted by molar-refractivity contribution is 5.82. The number of nitrogens with one attached hydrogen (secondary N) is 1. The van der Waals surface area contributed by atoms with E-state index in [0.717, 1.165) is 19.5 Å². The van der Waals surface area contributed by atoms with Crippen LogP contribution in [-0.4, -0.2) is 72.7 Å². The van der Waals surface area contributed by atoms with Gasteiger partial charge in [0.1, 0.15) is 6.04 Å². The van der Waals surface area contributed by atoms with E-state index >= 15 is 0 Å². The number of piperazine rings is 1. The Labute approximate surface area is 113 Å². The molecule has 110 valence electrons. The predicted octanol–water partition coefficient (Wildman–Crippen LogP) is -0.474. The molecule has 0 aromatic rings. The number of hydrogen-bond donors (Lipinski definition) is 3. The number of nitrogens with two attached hydrogens (primary N) is 1. The van der Waals surface area contributed by atoms with E-state index in [2.05, 4.69) is 10.2 Å². The minimum absolute atomic E-state index is 0.284. The summed E-state index contributed by atoms with van der Waals surface area (Å²) in [6, 6.07) is -1.10. The minimum Gasteiger partial charge on any atom is -0.480 e. The molecule has 1 rings (SSSR count). The van der Waals surface area contributed by atoms with E-state index < -0.39 is 12.0 Å². The number of carbonyl (C=O) groups is 2. The van der Waals surface area contributed by atoms with Crippen molar-refractivity contribution in [2.45, 2.75) is 25.3 Å². The molecule has 1 aliphatic heterocycles. The van der Waals surface area contributed by atoms with Crippen LogP contribution in [0.15, 0.2) is 0 Å². The Balaban J connectivity index is 2.40. The van der Waals surface area contributed by atoms with Crippen molar-refractivity contribution in [1.29, 1.82) is 0 Å². The molecular formula is C12H24N4O3. The fourth-order valence-electron chi connectivity index (χ4n) is 2.00. The van der Waals surface area contributed by atoms with Crippen molar-refractivity contribution in [2.75, 3.05) is 39.8 Å². The smallest absolute Gasteiger partial charge is 0.326 e. The molecule has 7 heteroatoms. The van der Waals surface area contributed by atoms with Gasteiger partial charge in [0, 0.05) is 26.2 Å². The third-order valence-corrected chi connectivity index (χ3v) is 3.33. The molecule has 0 aliphatic carbocycles. The van der Waals surface area contributed by atoms with Crippen molar-refractivity contribution >= 4 is 12.0 Å². The number of unbranched alkanes of at least 4 members (excludes halogenated alkanes) is 1. The first-order chi connectivity index (χ1) is 9.04. The zero-order valence-corrected chi connectivity index (χ0v) is 11.5. The number of likely N-dealkylation sites (N-methyl/N-ethyl adjacent to an activating group) is 1. The lowest BCUT2D eigenvalue weighted by Crippen LogP contribution is -2.53. The van der Waals surface area contributed by atoms with Gasteiger partial charge in [0.25, 0.3) is 0 Å². The van der Waals surface area contributed by atoms with Gasteiger partial charge in [0.2, 0.25) is 0 Å². The summed E-state index contributed by atoms with van der Waals surface area (Å²) in [5, 5.41) is 11.7. The van der Waals surface area contributed by atoms with E-state index in [9.17, 15) is 9.59 Å². The summed E-state index contributed by atoms with van der Waals surface area (Å²) in [5.74, 6) is -0.987. The van der Waals surface area contributed by atoms with E-state index in [-0.39, 0.29) is 6.03 Å². The maximum Gasteiger partial charge on any atom is 0.326 e. The number of carbonyl (C=O) groups excluding carboxylic acids is 1. The third-order valence-electron chi connectivity index (χ3n) is 3.33. The van der Waals surface area contributed by atoms with Crippen molar-refractivity contribution < 1.29 is 14.7 Å². The molecular weight excluding hydrogens is 248 g/mol. The molecule has 0 saturated carbocycles. The fraction of sp³-hybridized carbons (Fsp3) is 0.833. The van der Waals surface area contributed by atoms with E-state index in [1.165, 1.54) is 0 Å². The number of urea groups is 1. The Morgan fingerprint density at radius 1 is 1.26 bits per heavy atom. The minimum atomic E-state index is -0.987. The van der Waals surface area contributed by atoms with E-state index in [4.69, 9.17) is 10.8 Å². The van der Waals surface area contributed by atoms with Crippen LogP contribution in [0.1, 0.15) is 19.3 Å². The maximum absolute atomic E-state index is 12.0. The van der Waals surface area contributed by atoms with Gasteiger partial charge in [-0.25, -0.2) is 9.59 Å². The molecule has 0 unspecified atom stereocenters. The van der Waals surface area contributed by atoms with Gasteiger partial charge in [-0.1, -0.05) is 0 Å². The molecule has 0 aromatic heterocycles. The Kier molecular flexibility index (Phi) is 6.58. The number of amides is 2. The molecule has 1 saturated heterocycles. The molecule has 7 nitrogen and oxygen atoms in total. The normalized spacial score (nSPS) is 18.1. The second-order valence-electron chi connectivity index (χ2n) is 4.92. The van der Waals surface area contributed by atoms with Gasteiger partial charge >= 0.3 is 12.0 Å². The van der Waals surface area contributed by atoms with Gasteiger partial charge < -0.3 is 26.0 Å². The Hall–Kier alpha value is -1.34. The Morgan fingerprint density at radius 2 is 1.89 bits per heavy atom. The highest BCUT2D eigenvalue weighted by Crippen LogP contribution is 2.04. The van der Waals surface area contributed by atoms with Crippen molar-refractivity contribution in [1.82, 2.24) is 15.1 Å². The molecule has 4 N–H and O–H groups in total. The van der Waals surface area contributed by atoms with Crippen LogP contribution in [0.25, 0.3) is 0 Å². The number of nitrogens with zero attached hydrogens (tertiary/aromatic N) is 2. The summed E-state index contributed by atoms with van der Waals surface area (Å²) >= 11 is 0. The molecule has 19 heavy (non-hydrogen) atoms. The van der Waals surface area contributed by atoms with Crippen LogP contribution in [0.3, 0.4) is 0 Å². The van der Waals surface area contributed by atoms with Gasteiger partial charge in [-0.3, -0.25) is 0 Å². The van der Waals surface area contributed by atoms with Crippen LogP contribution >= 0.6 is 0 Å². The van der Waals surface area contributed by atoms with Crippen LogP contribution < -0.4 is 11.1 Å². The largest absolute Gasteiger partial charge is 0.480 e. The van der Waals surface area contributed by atoms with E-state index in [1.807, 2.05) is 7.05 Å². The predicted molar refractivity (Wildman–Crippen MR) is 71.9 cm³/mol. The zero-order valence-electron chi connectivity index (χ0n) is 11.5. The molecule has 0 aromatic carbocycles. The topological polar surface area (TPSA) is 98.9 Å². The number of hydrogen-bond acceptors (Lipinski definition) is 4. The lowest BCUT2D eigenvalue weighted by atomic mass is 10.1. The first-order valence-electron chi connectivity index (χ1n) is 6.71. The van der Waals surface area contributed by atoms with Crippen molar-refractivity contribution in [3.63, 3.8) is 0 Å². The summed E-state index contributed by atoms with van der Waals surface area (Å²) in [6.07, 6.45) is 1.90. The first kappa shape index (κ1) is 15.7. The molecule has 0 bridgehead atoms. The van der Waals surface area contributed by atoms with Crippen LogP contribution in [-0.2, 0) is 4.79 Å². The quantitative estimate of drug-likeness (QED) is 0.568. The maximum atomic E-state index is 12.0. The molecule has 1 aliphatic rings. The van der Waals surface area contributed by atoms with Crippen LogP contribution in [0.4, 0.5) is 4.79 Å². The summed E-state index contributed by atoms with van der Waals surface area (Å²) in [7, 11) is 2.00. The van der Waals surface area contributed by atoms with Gasteiger partial charge in [0.05, 0.1) is 0 Å². The monoisotopic (exact) mass is 272 g/mol. The van der Waals surface area contributed by atoms with Gasteiger partial charge in [0.15, 0.2) is 0 Å². The van der Waals surface area contributed by atoms with E-state index in [1.54, 1.807) is 4.90 Å². The Morgan fingerprint density at radius 3 is 2.42 bits per heavy atom. The van der Waals surface area contributed by atoms with Gasteiger partial charge in [-0.2, -0.15) is 0 Å². The molecule has 0 radical (unpaired) electrons. The first-order valence-corrected chi connectivity index (χ1v) is 6.71. The van der Waals surface area contributed by atoms with Crippen LogP contribution in [0.5, 0.6) is 0 Å². The fourth-order valence-corrected chi connectivity index (χ4v) is 2.00. The van der Waals surface area contributed by atoms with Gasteiger partial charge in [-0.05, 0) is 32.9 Å². The lowest BCUT2D eigenvalue weighted by molar-refractivity contribution is -0.139. The van der Waals surface area contributed by atoms with Crippen molar-refractivity contribution in [3.8, 4) is 0 Å². The number of aliphatic carboxylic acids is 1. The summed E-state index contributed by atoms with van der Waals surface area (Å²) in [4.78, 5) is 26.9. The summed E-state index contributed by atoms with van der Waals surface area (Å²) in [6.45, 7) is 3.45. The van der Waals surface area contributed by atoms with Gasteiger partial charge in [-0.15, -0.1) is 0 Å². The molecule has 0 spiro atoms. The second kappa shape index (κ2) is 7.96. The molecule has 1 fully saturated rings. The van der Waals surface area contributed by atoms with Crippen LogP contribution in [0, 0.1) is 0 Å². The average molecular weight is 272 g/mol. The molecule has 1 heterocycles. The van der Waals surface area contributed by atoms with Crippen LogP contribution in [0.2, 0.25) is 0 Å². The summed E-state index contributed by atoms with van der Waals surface area (Å²) < 4.78 is 0. The average Bonchev–Trinajstić information content (AvgIpc) is 2.38. The SMILES string of the molecule is CN1CCN(C(=O)N[C@@H](CCCCN)C(=O)O)CC1. The number of carboxylic acid groups (broad SMARTS) is 1. The summed E-state index contributed by atoms with van der Waals surface area (Å²) in [5.41, 5.74) is 5.37. The zero-order chi connectivity index (χ0) is 14.3. The lowest BCUT2D eigenvalue weighted by Gasteiger charge is -2.33. The van der Waals surface area contributed by atoms with Crippen molar-refractivity contribution in [3.05, 3.63) is 0 Å². The number of carboxylic acids is 1.